The molecule has 84 valence electrons. The minimum Gasteiger partial charge on any atom is -0.333 e. The summed E-state index contributed by atoms with van der Waals surface area (Å²) in [7, 11) is 0. The number of nitrogens with zero attached hydrogens (tertiary/aromatic N) is 1. The SMILES string of the molecule is CC1CSC(=N)CN(C2CCCC2)C1=O. The zero-order valence-electron chi connectivity index (χ0n) is 9.16. The fourth-order valence-corrected chi connectivity index (χ4v) is 3.21. The Hall–Kier alpha value is -0.510. The first-order valence-corrected chi connectivity index (χ1v) is 6.67. The van der Waals surface area contributed by atoms with Crippen molar-refractivity contribution in [3.05, 3.63) is 0 Å². The Labute approximate surface area is 95.1 Å². The van der Waals surface area contributed by atoms with Crippen LogP contribution in [0.3, 0.4) is 0 Å². The molecule has 0 bridgehead atoms. The van der Waals surface area contributed by atoms with Gasteiger partial charge in [0.25, 0.3) is 0 Å². The van der Waals surface area contributed by atoms with Gasteiger partial charge in [0, 0.05) is 17.7 Å². The number of nitrogens with one attached hydrogen (secondary N) is 1. The first kappa shape index (κ1) is 11.0. The van der Waals surface area contributed by atoms with Crippen LogP contribution in [-0.4, -0.2) is 34.2 Å². The van der Waals surface area contributed by atoms with E-state index in [2.05, 4.69) is 0 Å². The van der Waals surface area contributed by atoms with Gasteiger partial charge in [-0.2, -0.15) is 0 Å². The van der Waals surface area contributed by atoms with E-state index in [-0.39, 0.29) is 11.8 Å². The van der Waals surface area contributed by atoms with Crippen LogP contribution in [0.25, 0.3) is 0 Å². The number of thioether (sulfide) groups is 1. The van der Waals surface area contributed by atoms with Crippen LogP contribution in [-0.2, 0) is 4.79 Å². The number of hydrogen-bond acceptors (Lipinski definition) is 3. The highest BCUT2D eigenvalue weighted by molar-refractivity contribution is 8.13. The number of carbonyl (C=O) groups excluding carboxylic acids is 1. The first-order chi connectivity index (χ1) is 7.18. The molecule has 15 heavy (non-hydrogen) atoms. The molecule has 4 heteroatoms. The molecule has 1 atom stereocenters. The molecule has 0 aromatic carbocycles. The van der Waals surface area contributed by atoms with Gasteiger partial charge in [0.05, 0.1) is 11.6 Å². The van der Waals surface area contributed by atoms with Crippen LogP contribution in [0.5, 0.6) is 0 Å². The second kappa shape index (κ2) is 4.56. The Morgan fingerprint density at radius 1 is 1.40 bits per heavy atom. The summed E-state index contributed by atoms with van der Waals surface area (Å²) in [6.07, 6.45) is 4.75. The Morgan fingerprint density at radius 2 is 2.07 bits per heavy atom. The number of amides is 1. The van der Waals surface area contributed by atoms with Crippen LogP contribution < -0.4 is 0 Å². The minimum atomic E-state index is 0.0819. The van der Waals surface area contributed by atoms with Crippen molar-refractivity contribution in [1.82, 2.24) is 4.90 Å². The molecule has 0 aromatic heterocycles. The van der Waals surface area contributed by atoms with Gasteiger partial charge in [-0.25, -0.2) is 0 Å². The van der Waals surface area contributed by atoms with Crippen molar-refractivity contribution < 1.29 is 4.79 Å². The second-order valence-corrected chi connectivity index (χ2v) is 5.65. The number of carbonyl (C=O) groups is 1. The summed E-state index contributed by atoms with van der Waals surface area (Å²) in [6, 6.07) is 0.416. The molecular weight excluding hydrogens is 208 g/mol. The van der Waals surface area contributed by atoms with E-state index in [1.165, 1.54) is 24.6 Å². The first-order valence-electron chi connectivity index (χ1n) is 5.69. The van der Waals surface area contributed by atoms with Gasteiger partial charge >= 0.3 is 0 Å². The molecular formula is C11H18N2OS. The predicted octanol–water partition coefficient (Wildman–Crippen LogP) is 2.12. The average Bonchev–Trinajstić information content (AvgIpc) is 2.70. The quantitative estimate of drug-likeness (QED) is 0.744. The third kappa shape index (κ3) is 2.36. The van der Waals surface area contributed by atoms with Crippen molar-refractivity contribution >= 4 is 22.7 Å². The lowest BCUT2D eigenvalue weighted by Crippen LogP contribution is -2.42. The summed E-state index contributed by atoms with van der Waals surface area (Å²) in [5, 5.41) is 8.42. The highest BCUT2D eigenvalue weighted by atomic mass is 32.2. The third-order valence-corrected chi connectivity index (χ3v) is 4.44. The maximum absolute atomic E-state index is 12.1. The van der Waals surface area contributed by atoms with Crippen molar-refractivity contribution in [3.8, 4) is 0 Å². The normalized spacial score (nSPS) is 29.7. The maximum atomic E-state index is 12.1. The molecule has 1 aliphatic heterocycles. The maximum Gasteiger partial charge on any atom is 0.226 e. The van der Waals surface area contributed by atoms with E-state index in [0.29, 0.717) is 17.6 Å². The average molecular weight is 226 g/mol. The number of rotatable bonds is 1. The molecule has 2 rings (SSSR count). The van der Waals surface area contributed by atoms with Crippen molar-refractivity contribution in [1.29, 1.82) is 5.41 Å². The Balaban J connectivity index is 2.11. The van der Waals surface area contributed by atoms with E-state index < -0.39 is 0 Å². The molecule has 1 aliphatic carbocycles. The monoisotopic (exact) mass is 226 g/mol. The van der Waals surface area contributed by atoms with Gasteiger partial charge in [0.1, 0.15) is 0 Å². The third-order valence-electron chi connectivity index (χ3n) is 3.29. The van der Waals surface area contributed by atoms with Crippen molar-refractivity contribution in [2.45, 2.75) is 38.6 Å². The van der Waals surface area contributed by atoms with E-state index >= 15 is 0 Å². The second-order valence-electron chi connectivity index (χ2n) is 4.54. The summed E-state index contributed by atoms with van der Waals surface area (Å²) in [4.78, 5) is 14.1. The summed E-state index contributed by atoms with van der Waals surface area (Å²) < 4.78 is 0. The van der Waals surface area contributed by atoms with Crippen LogP contribution in [0.1, 0.15) is 32.6 Å². The van der Waals surface area contributed by atoms with Crippen molar-refractivity contribution in [2.24, 2.45) is 5.92 Å². The fraction of sp³-hybridized carbons (Fsp3) is 0.818. The van der Waals surface area contributed by atoms with Crippen LogP contribution in [0.4, 0.5) is 0 Å². The van der Waals surface area contributed by atoms with E-state index in [4.69, 9.17) is 5.41 Å². The van der Waals surface area contributed by atoms with Crippen LogP contribution in [0, 0.1) is 11.3 Å². The smallest absolute Gasteiger partial charge is 0.226 e. The lowest BCUT2D eigenvalue weighted by Gasteiger charge is -2.28. The van der Waals surface area contributed by atoms with Gasteiger partial charge in [0.2, 0.25) is 5.91 Å². The molecule has 2 fully saturated rings. The fourth-order valence-electron chi connectivity index (χ4n) is 2.38. The molecule has 0 spiro atoms. The Morgan fingerprint density at radius 3 is 2.73 bits per heavy atom. The van der Waals surface area contributed by atoms with E-state index in [1.807, 2.05) is 11.8 Å². The summed E-state index contributed by atoms with van der Waals surface area (Å²) >= 11 is 1.53. The lowest BCUT2D eigenvalue weighted by molar-refractivity contribution is -0.135. The van der Waals surface area contributed by atoms with Gasteiger partial charge in [-0.3, -0.25) is 10.2 Å². The molecule has 1 unspecified atom stereocenters. The van der Waals surface area contributed by atoms with Crippen LogP contribution in [0.2, 0.25) is 0 Å². The molecule has 2 aliphatic rings. The molecule has 0 aromatic rings. The van der Waals surface area contributed by atoms with Gasteiger partial charge in [-0.05, 0) is 12.8 Å². The highest BCUT2D eigenvalue weighted by Crippen LogP contribution is 2.28. The zero-order valence-corrected chi connectivity index (χ0v) is 9.98. The Kier molecular flexibility index (Phi) is 3.34. The molecule has 1 heterocycles. The molecule has 3 nitrogen and oxygen atoms in total. The van der Waals surface area contributed by atoms with Crippen LogP contribution in [0.15, 0.2) is 0 Å². The van der Waals surface area contributed by atoms with Gasteiger partial charge < -0.3 is 4.90 Å². The van der Waals surface area contributed by atoms with Gasteiger partial charge in [-0.15, -0.1) is 11.8 Å². The highest BCUT2D eigenvalue weighted by Gasteiger charge is 2.32. The number of hydrogen-bond donors (Lipinski definition) is 1. The standard InChI is InChI=1S/C11H18N2OS/c1-8-7-15-10(12)6-13(11(8)14)9-4-2-3-5-9/h8-9,12H,2-7H2,1H3. The van der Waals surface area contributed by atoms with Crippen molar-refractivity contribution in [2.75, 3.05) is 12.3 Å². The Bertz CT molecular complexity index is 274. The summed E-state index contributed by atoms with van der Waals surface area (Å²) in [5.74, 6) is 1.12. The van der Waals surface area contributed by atoms with E-state index in [0.717, 1.165) is 18.6 Å². The van der Waals surface area contributed by atoms with E-state index in [1.54, 1.807) is 0 Å². The van der Waals surface area contributed by atoms with Gasteiger partial charge in [-0.1, -0.05) is 19.8 Å². The topological polar surface area (TPSA) is 44.2 Å². The van der Waals surface area contributed by atoms with E-state index in [9.17, 15) is 4.79 Å². The molecule has 1 N–H and O–H groups in total. The molecule has 1 saturated carbocycles. The molecule has 1 amide bonds. The summed E-state index contributed by atoms with van der Waals surface area (Å²) in [6.45, 7) is 2.54. The predicted molar refractivity (Wildman–Crippen MR) is 63.3 cm³/mol. The lowest BCUT2D eigenvalue weighted by atomic mass is 10.1. The minimum absolute atomic E-state index is 0.0819. The molecule has 1 saturated heterocycles. The summed E-state index contributed by atoms with van der Waals surface area (Å²) in [5.41, 5.74) is 0. The van der Waals surface area contributed by atoms with Crippen LogP contribution >= 0.6 is 11.8 Å². The zero-order chi connectivity index (χ0) is 10.8. The van der Waals surface area contributed by atoms with Gasteiger partial charge in [0.15, 0.2) is 0 Å². The largest absolute Gasteiger partial charge is 0.333 e. The molecule has 0 radical (unpaired) electrons. The van der Waals surface area contributed by atoms with Crippen molar-refractivity contribution in [3.63, 3.8) is 0 Å².